The molecule has 1 aliphatic heterocycles. The molecule has 1 aliphatic rings. The average molecular weight is 424 g/mol. The van der Waals surface area contributed by atoms with Crippen molar-refractivity contribution in [2.24, 2.45) is 0 Å². The summed E-state index contributed by atoms with van der Waals surface area (Å²) in [6.45, 7) is 12.1. The monoisotopic (exact) mass is 423 g/mol. The van der Waals surface area contributed by atoms with Gasteiger partial charge in [0.05, 0.1) is 0 Å². The van der Waals surface area contributed by atoms with Crippen molar-refractivity contribution in [3.8, 4) is 0 Å². The third-order valence-electron chi connectivity index (χ3n) is 6.26. The average Bonchev–Trinajstić information content (AvgIpc) is 2.76. The zero-order valence-electron chi connectivity index (χ0n) is 19.1. The summed E-state index contributed by atoms with van der Waals surface area (Å²) in [7, 11) is 0. The fraction of sp³-hybridized carbons (Fsp3) is 0.500. The van der Waals surface area contributed by atoms with E-state index in [1.165, 1.54) is 61.2 Å². The molecule has 162 valence electrons. The molecular formula is C26H37N3S. The zero-order chi connectivity index (χ0) is 21.5. The van der Waals surface area contributed by atoms with Gasteiger partial charge < -0.3 is 15.1 Å². The molecule has 1 N–H and O–H groups in total. The number of fused-ring (bicyclic) bond motifs is 1. The molecule has 0 unspecified atom stereocenters. The van der Waals surface area contributed by atoms with Gasteiger partial charge in [0.2, 0.25) is 0 Å². The number of nitrogens with one attached hydrogen (secondary N) is 1. The number of hydrogen-bond donors (Lipinski definition) is 1. The number of para-hydroxylation sites is 1. The molecule has 0 saturated heterocycles. The quantitative estimate of drug-likeness (QED) is 0.485. The summed E-state index contributed by atoms with van der Waals surface area (Å²) < 4.78 is 0. The summed E-state index contributed by atoms with van der Waals surface area (Å²) >= 11 is 5.85. The SMILES string of the molecule is CCCCN1CCCc2cc(CN(C(=S)Nc3ccccc3C)[C@H](C)CC)ccc21. The van der Waals surface area contributed by atoms with Gasteiger partial charge in [-0.1, -0.05) is 50.6 Å². The Hall–Kier alpha value is -2.07. The van der Waals surface area contributed by atoms with Crippen molar-refractivity contribution in [1.29, 1.82) is 0 Å². The lowest BCUT2D eigenvalue weighted by Gasteiger charge is -2.34. The Bertz CT molecular complexity index is 848. The van der Waals surface area contributed by atoms with Gasteiger partial charge in [0.1, 0.15) is 0 Å². The smallest absolute Gasteiger partial charge is 0.173 e. The highest BCUT2D eigenvalue weighted by atomic mass is 32.1. The van der Waals surface area contributed by atoms with E-state index in [0.717, 1.165) is 23.8 Å². The number of nitrogens with zero attached hydrogens (tertiary/aromatic N) is 2. The molecule has 0 radical (unpaired) electrons. The van der Waals surface area contributed by atoms with E-state index in [4.69, 9.17) is 12.2 Å². The molecule has 0 aromatic heterocycles. The van der Waals surface area contributed by atoms with Gasteiger partial charge in [-0.25, -0.2) is 0 Å². The number of unbranched alkanes of at least 4 members (excludes halogenated alkanes) is 1. The van der Waals surface area contributed by atoms with Crippen LogP contribution in [0.1, 0.15) is 63.1 Å². The molecule has 0 fully saturated rings. The van der Waals surface area contributed by atoms with E-state index in [0.29, 0.717) is 6.04 Å². The van der Waals surface area contributed by atoms with Crippen LogP contribution >= 0.6 is 12.2 Å². The standard InChI is InChI=1S/C26H37N3S/c1-5-7-16-28-17-10-12-23-18-22(14-15-25(23)28)19-29(21(4)6-2)26(30)27-24-13-9-8-11-20(24)3/h8-9,11,13-15,18,21H,5-7,10,12,16-17,19H2,1-4H3,(H,27,30)/t21-/m1/s1. The van der Waals surface area contributed by atoms with E-state index in [2.05, 4.69) is 85.3 Å². The summed E-state index contributed by atoms with van der Waals surface area (Å²) in [5, 5.41) is 4.29. The van der Waals surface area contributed by atoms with Crippen LogP contribution in [0.3, 0.4) is 0 Å². The first kappa shape index (κ1) is 22.6. The van der Waals surface area contributed by atoms with Crippen LogP contribution in [0.2, 0.25) is 0 Å². The van der Waals surface area contributed by atoms with Gasteiger partial charge in [0.15, 0.2) is 5.11 Å². The lowest BCUT2D eigenvalue weighted by molar-refractivity contribution is 0.319. The molecule has 0 saturated carbocycles. The minimum Gasteiger partial charge on any atom is -0.371 e. The van der Waals surface area contributed by atoms with Crippen LogP contribution in [-0.2, 0) is 13.0 Å². The van der Waals surface area contributed by atoms with Crippen molar-refractivity contribution in [1.82, 2.24) is 4.90 Å². The van der Waals surface area contributed by atoms with Gasteiger partial charge in [-0.15, -0.1) is 0 Å². The Kier molecular flexibility index (Phi) is 8.15. The number of anilines is 2. The molecule has 2 aromatic rings. The number of benzene rings is 2. The van der Waals surface area contributed by atoms with Crippen molar-refractivity contribution in [3.05, 3.63) is 59.2 Å². The third-order valence-corrected chi connectivity index (χ3v) is 6.60. The van der Waals surface area contributed by atoms with Crippen molar-refractivity contribution >= 4 is 28.7 Å². The summed E-state index contributed by atoms with van der Waals surface area (Å²) in [5.41, 5.74) is 6.59. The van der Waals surface area contributed by atoms with E-state index in [1.54, 1.807) is 0 Å². The van der Waals surface area contributed by atoms with Crippen molar-refractivity contribution in [3.63, 3.8) is 0 Å². The van der Waals surface area contributed by atoms with Gasteiger partial charge in [-0.2, -0.15) is 0 Å². The second-order valence-electron chi connectivity index (χ2n) is 8.54. The van der Waals surface area contributed by atoms with Crippen LogP contribution in [0.4, 0.5) is 11.4 Å². The first-order valence-corrected chi connectivity index (χ1v) is 11.9. The van der Waals surface area contributed by atoms with Crippen LogP contribution in [0.15, 0.2) is 42.5 Å². The highest BCUT2D eigenvalue weighted by molar-refractivity contribution is 7.80. The Morgan fingerprint density at radius 1 is 1.20 bits per heavy atom. The first-order valence-electron chi connectivity index (χ1n) is 11.5. The van der Waals surface area contributed by atoms with Gasteiger partial charge in [0.25, 0.3) is 0 Å². The molecule has 4 heteroatoms. The predicted octanol–water partition coefficient (Wildman–Crippen LogP) is 6.55. The lowest BCUT2D eigenvalue weighted by Crippen LogP contribution is -2.40. The summed E-state index contributed by atoms with van der Waals surface area (Å²) in [6, 6.07) is 15.8. The normalized spacial score (nSPS) is 14.2. The van der Waals surface area contributed by atoms with Crippen molar-refractivity contribution in [2.45, 2.75) is 72.4 Å². The van der Waals surface area contributed by atoms with Crippen molar-refractivity contribution in [2.75, 3.05) is 23.3 Å². The highest BCUT2D eigenvalue weighted by Gasteiger charge is 2.20. The van der Waals surface area contributed by atoms with Crippen LogP contribution in [0.5, 0.6) is 0 Å². The van der Waals surface area contributed by atoms with Crippen LogP contribution < -0.4 is 10.2 Å². The third kappa shape index (κ3) is 5.54. The fourth-order valence-electron chi connectivity index (χ4n) is 4.15. The minimum atomic E-state index is 0.381. The maximum absolute atomic E-state index is 5.85. The number of rotatable bonds is 8. The molecular weight excluding hydrogens is 386 g/mol. The van der Waals surface area contributed by atoms with E-state index in [9.17, 15) is 0 Å². The molecule has 3 rings (SSSR count). The molecule has 1 atom stereocenters. The van der Waals surface area contributed by atoms with E-state index in [1.807, 2.05) is 0 Å². The number of aryl methyl sites for hydroxylation is 2. The molecule has 0 amide bonds. The van der Waals surface area contributed by atoms with E-state index in [-0.39, 0.29) is 0 Å². The molecule has 30 heavy (non-hydrogen) atoms. The minimum absolute atomic E-state index is 0.381. The van der Waals surface area contributed by atoms with Gasteiger partial charge in [0, 0.05) is 37.1 Å². The molecule has 0 aliphatic carbocycles. The van der Waals surface area contributed by atoms with Crippen molar-refractivity contribution < 1.29 is 0 Å². The molecule has 0 bridgehead atoms. The number of hydrogen-bond acceptors (Lipinski definition) is 2. The van der Waals surface area contributed by atoms with Gasteiger partial charge in [-0.3, -0.25) is 0 Å². The summed E-state index contributed by atoms with van der Waals surface area (Å²) in [5.74, 6) is 0. The van der Waals surface area contributed by atoms with E-state index >= 15 is 0 Å². The Labute approximate surface area is 188 Å². The zero-order valence-corrected chi connectivity index (χ0v) is 19.9. The first-order chi connectivity index (χ1) is 14.5. The maximum Gasteiger partial charge on any atom is 0.173 e. The van der Waals surface area contributed by atoms with Crippen LogP contribution in [-0.4, -0.2) is 29.1 Å². The second kappa shape index (κ2) is 10.8. The topological polar surface area (TPSA) is 18.5 Å². The fourth-order valence-corrected chi connectivity index (χ4v) is 4.51. The largest absolute Gasteiger partial charge is 0.371 e. The van der Waals surface area contributed by atoms with Crippen LogP contribution in [0, 0.1) is 6.92 Å². The second-order valence-corrected chi connectivity index (χ2v) is 8.92. The molecule has 1 heterocycles. The predicted molar refractivity (Wildman–Crippen MR) is 135 cm³/mol. The Balaban J connectivity index is 1.77. The highest BCUT2D eigenvalue weighted by Crippen LogP contribution is 2.29. The van der Waals surface area contributed by atoms with E-state index < -0.39 is 0 Å². The lowest BCUT2D eigenvalue weighted by atomic mass is 9.98. The number of thiocarbonyl (C=S) groups is 1. The van der Waals surface area contributed by atoms with Gasteiger partial charge in [-0.05, 0) is 80.6 Å². The van der Waals surface area contributed by atoms with Gasteiger partial charge >= 0.3 is 0 Å². The summed E-state index contributed by atoms with van der Waals surface area (Å²) in [4.78, 5) is 4.91. The van der Waals surface area contributed by atoms with Crippen LogP contribution in [0.25, 0.3) is 0 Å². The molecule has 0 spiro atoms. The Morgan fingerprint density at radius 3 is 2.73 bits per heavy atom. The Morgan fingerprint density at radius 2 is 2.00 bits per heavy atom. The summed E-state index contributed by atoms with van der Waals surface area (Å²) in [6.07, 6.45) is 6.01. The maximum atomic E-state index is 5.85. The molecule has 2 aromatic carbocycles. The molecule has 3 nitrogen and oxygen atoms in total.